The second-order valence-electron chi connectivity index (χ2n) is 8.47. The highest BCUT2D eigenvalue weighted by Crippen LogP contribution is 2.48. The maximum atomic E-state index is 13.2. The second kappa shape index (κ2) is 7.64. The van der Waals surface area contributed by atoms with Gasteiger partial charge in [0.2, 0.25) is 0 Å². The molecule has 2 aromatic heterocycles. The fraction of sp³-hybridized carbons (Fsp3) is 0.476. The molecule has 2 bridgehead atoms. The van der Waals surface area contributed by atoms with Crippen molar-refractivity contribution in [2.45, 2.75) is 31.2 Å². The van der Waals surface area contributed by atoms with Crippen molar-refractivity contribution in [1.82, 2.24) is 14.9 Å². The lowest BCUT2D eigenvalue weighted by molar-refractivity contribution is 0.0569. The SMILES string of the molecule is CN(N=O)c1nc(C2=CC3CCC2CN3C(=O)c2ncco2)ccc1NCC1CC1(F)F. The number of halogens is 2. The van der Waals surface area contributed by atoms with Gasteiger partial charge in [-0.05, 0) is 30.5 Å². The van der Waals surface area contributed by atoms with Crippen molar-refractivity contribution < 1.29 is 18.0 Å². The molecule has 0 aromatic carbocycles. The molecule has 4 heterocycles. The number of anilines is 2. The van der Waals surface area contributed by atoms with E-state index in [-0.39, 0.29) is 42.5 Å². The number of carbonyl (C=O) groups is 1. The number of carbonyl (C=O) groups excluding carboxylic acids is 1. The minimum absolute atomic E-state index is 0.0725. The molecule has 3 unspecified atom stereocenters. The molecule has 168 valence electrons. The van der Waals surface area contributed by atoms with Crippen molar-refractivity contribution >= 4 is 23.0 Å². The first-order valence-electron chi connectivity index (χ1n) is 10.5. The van der Waals surface area contributed by atoms with Crippen LogP contribution in [0.15, 0.2) is 40.4 Å². The Balaban J connectivity index is 1.39. The third kappa shape index (κ3) is 3.61. The first-order chi connectivity index (χ1) is 15.4. The van der Waals surface area contributed by atoms with Crippen LogP contribution in [0, 0.1) is 16.7 Å². The fourth-order valence-electron chi connectivity index (χ4n) is 4.50. The number of alkyl halides is 2. The first-order valence-corrected chi connectivity index (χ1v) is 10.5. The summed E-state index contributed by atoms with van der Waals surface area (Å²) in [5.74, 6) is -3.16. The van der Waals surface area contributed by atoms with Crippen LogP contribution in [0.1, 0.15) is 35.6 Å². The largest absolute Gasteiger partial charge is 0.441 e. The van der Waals surface area contributed by atoms with Gasteiger partial charge in [-0.3, -0.25) is 4.79 Å². The number of nitroso groups, excluding NO2 is 1. The van der Waals surface area contributed by atoms with Crippen LogP contribution in [0.5, 0.6) is 0 Å². The van der Waals surface area contributed by atoms with Gasteiger partial charge < -0.3 is 14.6 Å². The normalized spacial score (nSPS) is 25.3. The van der Waals surface area contributed by atoms with Crippen LogP contribution in [0.4, 0.5) is 20.3 Å². The van der Waals surface area contributed by atoms with Gasteiger partial charge in [0.15, 0.2) is 5.82 Å². The van der Waals surface area contributed by atoms with Gasteiger partial charge in [-0.15, -0.1) is 4.91 Å². The maximum Gasteiger partial charge on any atom is 0.310 e. The van der Waals surface area contributed by atoms with Gasteiger partial charge in [0.25, 0.3) is 11.8 Å². The third-order valence-corrected chi connectivity index (χ3v) is 6.41. The predicted molar refractivity (Wildman–Crippen MR) is 112 cm³/mol. The van der Waals surface area contributed by atoms with E-state index in [0.717, 1.165) is 23.4 Å². The molecule has 0 spiro atoms. The molecule has 11 heteroatoms. The number of rotatable bonds is 7. The van der Waals surface area contributed by atoms with E-state index >= 15 is 0 Å². The number of nitrogens with one attached hydrogen (secondary N) is 1. The molecular weight excluding hydrogens is 422 g/mol. The molecule has 2 aromatic rings. The molecule has 2 aliphatic carbocycles. The van der Waals surface area contributed by atoms with Gasteiger partial charge in [0.1, 0.15) is 6.26 Å². The Morgan fingerprint density at radius 3 is 2.84 bits per heavy atom. The summed E-state index contributed by atoms with van der Waals surface area (Å²) < 4.78 is 31.6. The van der Waals surface area contributed by atoms with E-state index in [1.165, 1.54) is 19.5 Å². The summed E-state index contributed by atoms with van der Waals surface area (Å²) >= 11 is 0. The quantitative estimate of drug-likeness (QED) is 0.514. The number of oxazole rings is 1. The Hall–Kier alpha value is -3.37. The van der Waals surface area contributed by atoms with Gasteiger partial charge in [-0.25, -0.2) is 23.8 Å². The molecular formula is C21H22F2N6O3. The van der Waals surface area contributed by atoms with Crippen molar-refractivity contribution in [1.29, 1.82) is 0 Å². The highest BCUT2D eigenvalue weighted by atomic mass is 19.3. The smallest absolute Gasteiger partial charge is 0.310 e. The zero-order valence-corrected chi connectivity index (χ0v) is 17.4. The monoisotopic (exact) mass is 444 g/mol. The Labute approximate surface area is 182 Å². The van der Waals surface area contributed by atoms with E-state index in [0.29, 0.717) is 17.9 Å². The van der Waals surface area contributed by atoms with Crippen LogP contribution < -0.4 is 10.3 Å². The Morgan fingerprint density at radius 1 is 1.41 bits per heavy atom. The maximum absolute atomic E-state index is 13.2. The second-order valence-corrected chi connectivity index (χ2v) is 8.47. The summed E-state index contributed by atoms with van der Waals surface area (Å²) in [6.07, 6.45) is 6.44. The van der Waals surface area contributed by atoms with E-state index in [1.54, 1.807) is 11.0 Å². The zero-order chi connectivity index (χ0) is 22.5. The number of hydrogen-bond acceptors (Lipinski definition) is 7. The van der Waals surface area contributed by atoms with Crippen molar-refractivity contribution in [2.24, 2.45) is 17.1 Å². The van der Waals surface area contributed by atoms with Crippen molar-refractivity contribution in [2.75, 3.05) is 30.5 Å². The standard InChI is InChI=1S/C21H22F2N6O3/c1-28(27-31)18-17(25-10-13-9-21(13,22)23)5-4-16(26-18)15-8-14-3-2-12(15)11-29(14)20(30)19-24-6-7-32-19/h4-8,12-14,25H,2-3,9-11H2,1H3. The van der Waals surface area contributed by atoms with Gasteiger partial charge in [-0.1, -0.05) is 6.08 Å². The minimum atomic E-state index is -2.63. The van der Waals surface area contributed by atoms with Crippen LogP contribution in [-0.4, -0.2) is 52.9 Å². The summed E-state index contributed by atoms with van der Waals surface area (Å²) in [6.45, 7) is 0.617. The van der Waals surface area contributed by atoms with E-state index in [1.807, 2.05) is 12.1 Å². The summed E-state index contributed by atoms with van der Waals surface area (Å²) in [5, 5.41) is 6.99. The number of piperidine rings is 1. The molecule has 9 nitrogen and oxygen atoms in total. The molecule has 1 N–H and O–H groups in total. The summed E-state index contributed by atoms with van der Waals surface area (Å²) in [7, 11) is 1.47. The van der Waals surface area contributed by atoms with Crippen LogP contribution >= 0.6 is 0 Å². The molecule has 32 heavy (non-hydrogen) atoms. The van der Waals surface area contributed by atoms with Crippen molar-refractivity contribution in [3.05, 3.63) is 47.2 Å². The topological polar surface area (TPSA) is 104 Å². The van der Waals surface area contributed by atoms with Gasteiger partial charge in [0.05, 0.1) is 28.9 Å². The van der Waals surface area contributed by atoms with Crippen LogP contribution in [0.3, 0.4) is 0 Å². The highest BCUT2D eigenvalue weighted by molar-refractivity contribution is 5.91. The van der Waals surface area contributed by atoms with Gasteiger partial charge in [-0.2, -0.15) is 0 Å². The summed E-state index contributed by atoms with van der Waals surface area (Å²) in [6, 6.07) is 3.44. The molecule has 0 radical (unpaired) electrons. The molecule has 3 atom stereocenters. The Kier molecular flexibility index (Phi) is 4.90. The first kappa shape index (κ1) is 20.5. The number of hydrogen-bond donors (Lipinski definition) is 1. The number of aromatic nitrogens is 2. The van der Waals surface area contributed by atoms with Crippen LogP contribution in [0.2, 0.25) is 0 Å². The van der Waals surface area contributed by atoms with E-state index in [9.17, 15) is 18.5 Å². The van der Waals surface area contributed by atoms with E-state index < -0.39 is 11.8 Å². The average Bonchev–Trinajstić information content (AvgIpc) is 3.18. The van der Waals surface area contributed by atoms with Crippen LogP contribution in [-0.2, 0) is 0 Å². The average molecular weight is 444 g/mol. The Bertz CT molecular complexity index is 1070. The molecule has 1 saturated heterocycles. The highest BCUT2D eigenvalue weighted by Gasteiger charge is 2.56. The Morgan fingerprint density at radius 2 is 2.22 bits per heavy atom. The lowest BCUT2D eigenvalue weighted by Crippen LogP contribution is -2.49. The summed E-state index contributed by atoms with van der Waals surface area (Å²) in [4.78, 5) is 34.2. The number of nitrogens with zero attached hydrogens (tertiary/aromatic N) is 5. The predicted octanol–water partition coefficient (Wildman–Crippen LogP) is 3.57. The van der Waals surface area contributed by atoms with Gasteiger partial charge in [0, 0.05) is 38.4 Å². The lowest BCUT2D eigenvalue weighted by Gasteiger charge is -2.43. The van der Waals surface area contributed by atoms with Crippen molar-refractivity contribution in [3.8, 4) is 0 Å². The molecule has 2 fully saturated rings. The van der Waals surface area contributed by atoms with Crippen molar-refractivity contribution in [3.63, 3.8) is 0 Å². The van der Waals surface area contributed by atoms with E-state index in [4.69, 9.17) is 4.42 Å². The number of amides is 1. The fourth-order valence-corrected chi connectivity index (χ4v) is 4.50. The van der Waals surface area contributed by atoms with Gasteiger partial charge >= 0.3 is 5.91 Å². The number of fused-ring (bicyclic) bond motifs is 2. The number of pyridine rings is 1. The van der Waals surface area contributed by atoms with Crippen LogP contribution in [0.25, 0.3) is 5.57 Å². The molecule has 1 amide bonds. The van der Waals surface area contributed by atoms with E-state index in [2.05, 4.69) is 20.6 Å². The molecule has 4 aliphatic rings. The zero-order valence-electron chi connectivity index (χ0n) is 17.4. The molecule has 2 aliphatic heterocycles. The minimum Gasteiger partial charge on any atom is -0.441 e. The molecule has 6 rings (SSSR count). The lowest BCUT2D eigenvalue weighted by atomic mass is 9.78. The third-order valence-electron chi connectivity index (χ3n) is 6.41. The summed E-state index contributed by atoms with van der Waals surface area (Å²) in [5.41, 5.74) is 2.15. The molecule has 1 saturated carbocycles.